The van der Waals surface area contributed by atoms with E-state index in [9.17, 15) is 0 Å². The molecule has 0 bridgehead atoms. The van der Waals surface area contributed by atoms with Crippen LogP contribution in [0.4, 0.5) is 0 Å². The molecular weight excluding hydrogens is 162 g/mol. The zero-order valence-corrected chi connectivity index (χ0v) is 8.59. The van der Waals surface area contributed by atoms with Gasteiger partial charge in [0.25, 0.3) is 0 Å². The van der Waals surface area contributed by atoms with Crippen LogP contribution in [-0.4, -0.2) is 26.3 Å². The molecule has 2 fully saturated rings. The fraction of sp³-hybridized carbons (Fsp3) is 1.00. The van der Waals surface area contributed by atoms with Crippen LogP contribution in [0.15, 0.2) is 0 Å². The fourth-order valence-electron chi connectivity index (χ4n) is 2.79. The SMILES string of the molecule is CC1CCNCC1C1CCOCC1. The predicted octanol–water partition coefficient (Wildman–Crippen LogP) is 1.66. The number of rotatable bonds is 1. The molecule has 2 rings (SSSR count). The quantitative estimate of drug-likeness (QED) is 0.667. The smallest absolute Gasteiger partial charge is 0.0468 e. The average Bonchev–Trinajstić information content (AvgIpc) is 2.20. The third kappa shape index (κ3) is 2.23. The van der Waals surface area contributed by atoms with Crippen molar-refractivity contribution in [3.63, 3.8) is 0 Å². The summed E-state index contributed by atoms with van der Waals surface area (Å²) in [5.74, 6) is 2.76. The van der Waals surface area contributed by atoms with Gasteiger partial charge in [-0.2, -0.15) is 0 Å². The maximum Gasteiger partial charge on any atom is 0.0468 e. The highest BCUT2D eigenvalue weighted by atomic mass is 16.5. The molecule has 0 saturated carbocycles. The van der Waals surface area contributed by atoms with Gasteiger partial charge in [0.2, 0.25) is 0 Å². The van der Waals surface area contributed by atoms with Crippen LogP contribution in [0.25, 0.3) is 0 Å². The Bertz CT molecular complexity index is 154. The van der Waals surface area contributed by atoms with Crippen molar-refractivity contribution in [2.75, 3.05) is 26.3 Å². The number of hydrogen-bond donors (Lipinski definition) is 1. The summed E-state index contributed by atoms with van der Waals surface area (Å²) in [5.41, 5.74) is 0. The van der Waals surface area contributed by atoms with Gasteiger partial charge in [-0.1, -0.05) is 6.92 Å². The molecule has 2 heterocycles. The molecular formula is C11H21NO. The maximum atomic E-state index is 5.41. The molecule has 0 radical (unpaired) electrons. The van der Waals surface area contributed by atoms with Crippen molar-refractivity contribution in [3.05, 3.63) is 0 Å². The van der Waals surface area contributed by atoms with Gasteiger partial charge in [-0.25, -0.2) is 0 Å². The van der Waals surface area contributed by atoms with Crippen molar-refractivity contribution in [2.24, 2.45) is 17.8 Å². The molecule has 2 aliphatic heterocycles. The molecule has 0 amide bonds. The van der Waals surface area contributed by atoms with Gasteiger partial charge in [0.1, 0.15) is 0 Å². The van der Waals surface area contributed by atoms with Gasteiger partial charge in [-0.3, -0.25) is 0 Å². The molecule has 2 atom stereocenters. The Labute approximate surface area is 81.0 Å². The number of piperidine rings is 1. The van der Waals surface area contributed by atoms with Crippen LogP contribution in [0.5, 0.6) is 0 Å². The summed E-state index contributed by atoms with van der Waals surface area (Å²) in [7, 11) is 0. The average molecular weight is 183 g/mol. The number of nitrogens with one attached hydrogen (secondary N) is 1. The molecule has 0 aromatic carbocycles. The second kappa shape index (κ2) is 4.43. The van der Waals surface area contributed by atoms with E-state index in [0.29, 0.717) is 0 Å². The highest BCUT2D eigenvalue weighted by Gasteiger charge is 2.29. The predicted molar refractivity (Wildman–Crippen MR) is 53.7 cm³/mol. The third-order valence-corrected chi connectivity index (χ3v) is 3.76. The zero-order chi connectivity index (χ0) is 9.10. The zero-order valence-electron chi connectivity index (χ0n) is 8.59. The topological polar surface area (TPSA) is 21.3 Å². The molecule has 13 heavy (non-hydrogen) atoms. The standard InChI is InChI=1S/C11H21NO/c1-9-2-5-12-8-11(9)10-3-6-13-7-4-10/h9-12H,2-8H2,1H3. The second-order valence-electron chi connectivity index (χ2n) is 4.58. The van der Waals surface area contributed by atoms with Crippen LogP contribution in [0, 0.1) is 17.8 Å². The molecule has 2 saturated heterocycles. The second-order valence-corrected chi connectivity index (χ2v) is 4.58. The van der Waals surface area contributed by atoms with E-state index in [1.165, 1.54) is 32.4 Å². The first kappa shape index (κ1) is 9.47. The Hall–Kier alpha value is -0.0800. The first-order valence-corrected chi connectivity index (χ1v) is 5.66. The number of ether oxygens (including phenoxy) is 1. The molecule has 76 valence electrons. The van der Waals surface area contributed by atoms with E-state index in [1.54, 1.807) is 0 Å². The van der Waals surface area contributed by atoms with E-state index < -0.39 is 0 Å². The summed E-state index contributed by atoms with van der Waals surface area (Å²) in [5, 5.41) is 3.52. The van der Waals surface area contributed by atoms with Gasteiger partial charge in [0, 0.05) is 13.2 Å². The van der Waals surface area contributed by atoms with E-state index in [0.717, 1.165) is 31.0 Å². The van der Waals surface area contributed by atoms with Crippen LogP contribution in [-0.2, 0) is 4.74 Å². The number of hydrogen-bond acceptors (Lipinski definition) is 2. The summed E-state index contributed by atoms with van der Waals surface area (Å²) >= 11 is 0. The van der Waals surface area contributed by atoms with Crippen LogP contribution in [0.3, 0.4) is 0 Å². The van der Waals surface area contributed by atoms with Gasteiger partial charge in [-0.15, -0.1) is 0 Å². The lowest BCUT2D eigenvalue weighted by atomic mass is 9.75. The van der Waals surface area contributed by atoms with Gasteiger partial charge in [-0.05, 0) is 50.1 Å². The van der Waals surface area contributed by atoms with Gasteiger partial charge in [0.15, 0.2) is 0 Å². The van der Waals surface area contributed by atoms with Crippen LogP contribution in [0.1, 0.15) is 26.2 Å². The molecule has 2 nitrogen and oxygen atoms in total. The first-order valence-electron chi connectivity index (χ1n) is 5.66. The van der Waals surface area contributed by atoms with Gasteiger partial charge < -0.3 is 10.1 Å². The minimum absolute atomic E-state index is 0.914. The molecule has 0 spiro atoms. The van der Waals surface area contributed by atoms with Crippen molar-refractivity contribution in [3.8, 4) is 0 Å². The van der Waals surface area contributed by atoms with E-state index in [4.69, 9.17) is 4.74 Å². The lowest BCUT2D eigenvalue weighted by Gasteiger charge is -2.37. The minimum atomic E-state index is 0.914. The Morgan fingerprint density at radius 1 is 1.15 bits per heavy atom. The van der Waals surface area contributed by atoms with E-state index in [2.05, 4.69) is 12.2 Å². The lowest BCUT2D eigenvalue weighted by molar-refractivity contribution is 0.0300. The summed E-state index contributed by atoms with van der Waals surface area (Å²) < 4.78 is 5.41. The normalized spacial score (nSPS) is 37.6. The Balaban J connectivity index is 1.88. The summed E-state index contributed by atoms with van der Waals surface area (Å²) in [6.07, 6.45) is 3.94. The lowest BCUT2D eigenvalue weighted by Crippen LogP contribution is -2.41. The first-order chi connectivity index (χ1) is 6.38. The van der Waals surface area contributed by atoms with Crippen molar-refractivity contribution in [2.45, 2.75) is 26.2 Å². The molecule has 1 N–H and O–H groups in total. The summed E-state index contributed by atoms with van der Waals surface area (Å²) in [6.45, 7) is 6.87. The third-order valence-electron chi connectivity index (χ3n) is 3.76. The van der Waals surface area contributed by atoms with Gasteiger partial charge in [0.05, 0.1) is 0 Å². The van der Waals surface area contributed by atoms with Gasteiger partial charge >= 0.3 is 0 Å². The van der Waals surface area contributed by atoms with Crippen molar-refractivity contribution < 1.29 is 4.74 Å². The van der Waals surface area contributed by atoms with E-state index in [-0.39, 0.29) is 0 Å². The fourth-order valence-corrected chi connectivity index (χ4v) is 2.79. The molecule has 2 heteroatoms. The Morgan fingerprint density at radius 3 is 2.62 bits per heavy atom. The Morgan fingerprint density at radius 2 is 1.92 bits per heavy atom. The maximum absolute atomic E-state index is 5.41. The molecule has 2 aliphatic rings. The summed E-state index contributed by atoms with van der Waals surface area (Å²) in [4.78, 5) is 0. The van der Waals surface area contributed by atoms with Crippen molar-refractivity contribution >= 4 is 0 Å². The molecule has 2 unspecified atom stereocenters. The van der Waals surface area contributed by atoms with Crippen LogP contribution < -0.4 is 5.32 Å². The summed E-state index contributed by atoms with van der Waals surface area (Å²) in [6, 6.07) is 0. The van der Waals surface area contributed by atoms with Crippen molar-refractivity contribution in [1.82, 2.24) is 5.32 Å². The highest BCUT2D eigenvalue weighted by Crippen LogP contribution is 2.32. The van der Waals surface area contributed by atoms with E-state index >= 15 is 0 Å². The molecule has 0 aromatic rings. The highest BCUT2D eigenvalue weighted by molar-refractivity contribution is 4.82. The van der Waals surface area contributed by atoms with Crippen LogP contribution in [0.2, 0.25) is 0 Å². The largest absolute Gasteiger partial charge is 0.381 e. The Kier molecular flexibility index (Phi) is 3.23. The van der Waals surface area contributed by atoms with E-state index in [1.807, 2.05) is 0 Å². The van der Waals surface area contributed by atoms with Crippen LogP contribution >= 0.6 is 0 Å². The van der Waals surface area contributed by atoms with Crippen molar-refractivity contribution in [1.29, 1.82) is 0 Å². The monoisotopic (exact) mass is 183 g/mol. The molecule has 0 aliphatic carbocycles. The molecule has 0 aromatic heterocycles. The minimum Gasteiger partial charge on any atom is -0.381 e.